The highest BCUT2D eigenvalue weighted by Gasteiger charge is 2.23. The number of aryl methyl sites for hydroxylation is 1. The lowest BCUT2D eigenvalue weighted by Crippen LogP contribution is -2.39. The van der Waals surface area contributed by atoms with E-state index in [4.69, 9.17) is 4.74 Å². The molecule has 0 aliphatic rings. The van der Waals surface area contributed by atoms with Gasteiger partial charge in [0.2, 0.25) is 5.91 Å². The second-order valence-corrected chi connectivity index (χ2v) is 7.70. The molecule has 1 amide bonds. The molecule has 9 heteroatoms. The maximum atomic E-state index is 12.7. The number of amides is 1. The summed E-state index contributed by atoms with van der Waals surface area (Å²) in [5, 5.41) is 11.7. The lowest BCUT2D eigenvalue weighted by Gasteiger charge is -2.23. The van der Waals surface area contributed by atoms with Gasteiger partial charge in [-0.1, -0.05) is 6.07 Å². The van der Waals surface area contributed by atoms with Crippen molar-refractivity contribution in [3.05, 3.63) is 46.7 Å². The molecule has 0 aliphatic heterocycles. The Kier molecular flexibility index (Phi) is 6.05. The predicted octanol–water partition coefficient (Wildman–Crippen LogP) is 2.73. The fourth-order valence-corrected chi connectivity index (χ4v) is 3.65. The van der Waals surface area contributed by atoms with Crippen molar-refractivity contribution in [3.8, 4) is 0 Å². The third-order valence-corrected chi connectivity index (χ3v) is 5.37. The maximum absolute atomic E-state index is 12.7. The molecule has 0 fully saturated rings. The molecule has 0 unspecified atom stereocenters. The van der Waals surface area contributed by atoms with Gasteiger partial charge in [0.25, 0.3) is 0 Å². The molecule has 0 aromatic carbocycles. The van der Waals surface area contributed by atoms with Crippen molar-refractivity contribution in [2.45, 2.75) is 33.4 Å². The molecule has 3 rings (SSSR count). The normalized spacial score (nSPS) is 12.3. The highest BCUT2D eigenvalue weighted by molar-refractivity contribution is 7.16. The van der Waals surface area contributed by atoms with Crippen LogP contribution in [0.2, 0.25) is 0 Å². The van der Waals surface area contributed by atoms with Gasteiger partial charge in [-0.25, -0.2) is 4.79 Å². The van der Waals surface area contributed by atoms with E-state index >= 15 is 0 Å². The lowest BCUT2D eigenvalue weighted by molar-refractivity contribution is -0.120. The number of esters is 1. The SMILES string of the molecule is CCOC(=O)c1cc(C)sc1NC(=O)[C@H](C)N(C)Cc1nnc2ccccn12. The Morgan fingerprint density at radius 3 is 2.89 bits per heavy atom. The van der Waals surface area contributed by atoms with E-state index in [1.165, 1.54) is 11.3 Å². The average molecular weight is 401 g/mol. The molecule has 0 saturated heterocycles. The monoisotopic (exact) mass is 401 g/mol. The summed E-state index contributed by atoms with van der Waals surface area (Å²) in [4.78, 5) is 27.7. The van der Waals surface area contributed by atoms with Crippen LogP contribution in [0.15, 0.2) is 30.5 Å². The van der Waals surface area contributed by atoms with Crippen LogP contribution < -0.4 is 5.32 Å². The zero-order valence-electron chi connectivity index (χ0n) is 16.3. The summed E-state index contributed by atoms with van der Waals surface area (Å²) >= 11 is 1.36. The standard InChI is InChI=1S/C19H23N5O3S/c1-5-27-19(26)14-10-12(2)28-18(14)20-17(25)13(3)23(4)11-16-22-21-15-8-6-7-9-24(15)16/h6-10,13H,5,11H2,1-4H3,(H,20,25)/t13-/m0/s1. The number of likely N-dealkylation sites (N-methyl/N-ethyl adjacent to an activating group) is 1. The average Bonchev–Trinajstić information content (AvgIpc) is 3.24. The topological polar surface area (TPSA) is 88.8 Å². The van der Waals surface area contributed by atoms with E-state index in [-0.39, 0.29) is 12.5 Å². The van der Waals surface area contributed by atoms with Gasteiger partial charge < -0.3 is 10.1 Å². The summed E-state index contributed by atoms with van der Waals surface area (Å²) in [6.45, 7) is 6.18. The van der Waals surface area contributed by atoms with Crippen LogP contribution in [0.5, 0.6) is 0 Å². The maximum Gasteiger partial charge on any atom is 0.341 e. The molecule has 8 nitrogen and oxygen atoms in total. The molecule has 3 heterocycles. The van der Waals surface area contributed by atoms with Crippen molar-refractivity contribution in [1.82, 2.24) is 19.5 Å². The summed E-state index contributed by atoms with van der Waals surface area (Å²) in [5.41, 5.74) is 1.15. The van der Waals surface area contributed by atoms with Crippen LogP contribution >= 0.6 is 11.3 Å². The molecule has 1 atom stereocenters. The quantitative estimate of drug-likeness (QED) is 0.613. The zero-order valence-corrected chi connectivity index (χ0v) is 17.1. The van der Waals surface area contributed by atoms with Crippen molar-refractivity contribution < 1.29 is 14.3 Å². The van der Waals surface area contributed by atoms with Gasteiger partial charge >= 0.3 is 5.97 Å². The molecule has 3 aromatic heterocycles. The Labute approximate surface area is 167 Å². The Hall–Kier alpha value is -2.78. The smallest absolute Gasteiger partial charge is 0.341 e. The lowest BCUT2D eigenvalue weighted by atomic mass is 10.2. The van der Waals surface area contributed by atoms with Gasteiger partial charge in [0.15, 0.2) is 11.5 Å². The van der Waals surface area contributed by atoms with Crippen LogP contribution in [0.1, 0.15) is 34.9 Å². The molecule has 0 radical (unpaired) electrons. The van der Waals surface area contributed by atoms with E-state index in [0.717, 1.165) is 16.3 Å². The Bertz CT molecular complexity index is 997. The summed E-state index contributed by atoms with van der Waals surface area (Å²) in [5.74, 6) is 0.110. The number of aromatic nitrogens is 3. The molecule has 0 bridgehead atoms. The van der Waals surface area contributed by atoms with Crippen LogP contribution in [-0.2, 0) is 16.1 Å². The number of carbonyl (C=O) groups is 2. The highest BCUT2D eigenvalue weighted by atomic mass is 32.1. The van der Waals surface area contributed by atoms with Gasteiger partial charge in [-0.15, -0.1) is 21.5 Å². The van der Waals surface area contributed by atoms with Gasteiger partial charge in [0, 0.05) is 11.1 Å². The minimum absolute atomic E-state index is 0.205. The van der Waals surface area contributed by atoms with Crippen molar-refractivity contribution in [3.63, 3.8) is 0 Å². The fourth-order valence-electron chi connectivity index (χ4n) is 2.74. The Balaban J connectivity index is 1.70. The summed E-state index contributed by atoms with van der Waals surface area (Å²) in [6.07, 6.45) is 1.89. The van der Waals surface area contributed by atoms with E-state index in [1.54, 1.807) is 13.0 Å². The van der Waals surface area contributed by atoms with Crippen LogP contribution in [0, 0.1) is 6.92 Å². The fraction of sp³-hybridized carbons (Fsp3) is 0.368. The number of nitrogens with one attached hydrogen (secondary N) is 1. The van der Waals surface area contributed by atoms with E-state index in [1.807, 2.05) is 54.6 Å². The number of thiophene rings is 1. The van der Waals surface area contributed by atoms with E-state index in [2.05, 4.69) is 15.5 Å². The number of hydrogen-bond acceptors (Lipinski definition) is 7. The van der Waals surface area contributed by atoms with Gasteiger partial charge in [-0.2, -0.15) is 0 Å². The predicted molar refractivity (Wildman–Crippen MR) is 108 cm³/mol. The van der Waals surface area contributed by atoms with E-state index < -0.39 is 12.0 Å². The Morgan fingerprint density at radius 1 is 1.36 bits per heavy atom. The molecule has 1 N–H and O–H groups in total. The number of nitrogens with zero attached hydrogens (tertiary/aromatic N) is 4. The summed E-state index contributed by atoms with van der Waals surface area (Å²) in [6, 6.07) is 6.98. The third kappa shape index (κ3) is 4.20. The minimum atomic E-state index is -0.437. The molecule has 0 saturated carbocycles. The van der Waals surface area contributed by atoms with Gasteiger partial charge in [0.05, 0.1) is 24.8 Å². The molecule has 28 heavy (non-hydrogen) atoms. The molecule has 3 aromatic rings. The van der Waals surface area contributed by atoms with Crippen LogP contribution in [0.25, 0.3) is 5.65 Å². The second-order valence-electron chi connectivity index (χ2n) is 6.45. The summed E-state index contributed by atoms with van der Waals surface area (Å²) in [7, 11) is 1.85. The zero-order chi connectivity index (χ0) is 20.3. The van der Waals surface area contributed by atoms with Crippen LogP contribution in [-0.4, -0.2) is 51.1 Å². The first kappa shape index (κ1) is 20.0. The third-order valence-electron chi connectivity index (χ3n) is 4.40. The number of rotatable bonds is 7. The number of hydrogen-bond donors (Lipinski definition) is 1. The van der Waals surface area contributed by atoms with E-state index in [0.29, 0.717) is 17.1 Å². The number of carbonyl (C=O) groups excluding carboxylic acids is 2. The first-order valence-corrected chi connectivity index (χ1v) is 9.79. The van der Waals surface area contributed by atoms with Crippen molar-refractivity contribution in [2.24, 2.45) is 0 Å². The molecular weight excluding hydrogens is 378 g/mol. The van der Waals surface area contributed by atoms with Crippen LogP contribution in [0.3, 0.4) is 0 Å². The summed E-state index contributed by atoms with van der Waals surface area (Å²) < 4.78 is 6.96. The molecule has 0 aliphatic carbocycles. The largest absolute Gasteiger partial charge is 0.462 e. The second kappa shape index (κ2) is 8.49. The number of ether oxygens (including phenoxy) is 1. The van der Waals surface area contributed by atoms with Crippen molar-refractivity contribution in [1.29, 1.82) is 0 Å². The van der Waals surface area contributed by atoms with Crippen LogP contribution in [0.4, 0.5) is 5.00 Å². The van der Waals surface area contributed by atoms with Gasteiger partial charge in [-0.3, -0.25) is 14.1 Å². The highest BCUT2D eigenvalue weighted by Crippen LogP contribution is 2.28. The number of anilines is 1. The molecule has 0 spiro atoms. The Morgan fingerprint density at radius 2 is 2.14 bits per heavy atom. The van der Waals surface area contributed by atoms with Crippen molar-refractivity contribution in [2.75, 3.05) is 19.0 Å². The van der Waals surface area contributed by atoms with Gasteiger partial charge in [-0.05, 0) is 46.0 Å². The minimum Gasteiger partial charge on any atom is -0.462 e. The van der Waals surface area contributed by atoms with Gasteiger partial charge in [0.1, 0.15) is 5.00 Å². The molecule has 148 valence electrons. The first-order valence-electron chi connectivity index (χ1n) is 8.98. The number of fused-ring (bicyclic) bond motifs is 1. The number of pyridine rings is 1. The first-order chi connectivity index (χ1) is 13.4. The molecular formula is C19H23N5O3S. The van der Waals surface area contributed by atoms with E-state index in [9.17, 15) is 9.59 Å². The van der Waals surface area contributed by atoms with Crippen molar-refractivity contribution >= 4 is 33.9 Å².